The molecule has 0 saturated heterocycles. The average molecular weight is 375 g/mol. The lowest BCUT2D eigenvalue weighted by atomic mass is 10.2. The maximum Gasteiger partial charge on any atom is 0.322 e. The number of nitrogens with one attached hydrogen (secondary N) is 1. The summed E-state index contributed by atoms with van der Waals surface area (Å²) in [6.07, 6.45) is 1.35. The van der Waals surface area contributed by atoms with Crippen LogP contribution in [-0.4, -0.2) is 40.1 Å². The molecule has 0 fully saturated rings. The molecule has 0 spiro atoms. The summed E-state index contributed by atoms with van der Waals surface area (Å²) in [5.74, 6) is -0.640. The van der Waals surface area contributed by atoms with Gasteiger partial charge in [-0.3, -0.25) is 14.8 Å². The Labute approximate surface area is 150 Å². The fourth-order valence-corrected chi connectivity index (χ4v) is 3.47. The van der Waals surface area contributed by atoms with Crippen LogP contribution in [0.1, 0.15) is 12.0 Å². The molecule has 0 aliphatic heterocycles. The van der Waals surface area contributed by atoms with Crippen molar-refractivity contribution >= 4 is 21.8 Å². The molecule has 0 radical (unpaired) electrons. The molecule has 3 rings (SSSR count). The van der Waals surface area contributed by atoms with Gasteiger partial charge < -0.3 is 4.42 Å². The maximum atomic E-state index is 12.3. The first-order valence-electron chi connectivity index (χ1n) is 7.76. The van der Waals surface area contributed by atoms with E-state index in [2.05, 4.69) is 20.6 Å². The topological polar surface area (TPSA) is 120 Å². The van der Waals surface area contributed by atoms with Crippen molar-refractivity contribution in [2.24, 2.45) is 7.05 Å². The van der Waals surface area contributed by atoms with Crippen molar-refractivity contribution in [2.75, 3.05) is 11.1 Å². The van der Waals surface area contributed by atoms with Crippen molar-refractivity contribution in [3.63, 3.8) is 0 Å². The van der Waals surface area contributed by atoms with Crippen molar-refractivity contribution in [2.45, 2.75) is 18.2 Å². The monoisotopic (exact) mass is 375 g/mol. The molecule has 10 heteroatoms. The second kappa shape index (κ2) is 7.08. The smallest absolute Gasteiger partial charge is 0.322 e. The Morgan fingerprint density at radius 3 is 2.58 bits per heavy atom. The number of benzene rings is 1. The van der Waals surface area contributed by atoms with Crippen molar-refractivity contribution in [1.82, 2.24) is 20.0 Å². The first kappa shape index (κ1) is 17.8. The number of aryl methyl sites for hydroxylation is 2. The number of carbonyl (C=O) groups excluding carboxylic acids is 1. The number of sulfone groups is 1. The van der Waals surface area contributed by atoms with Crippen LogP contribution in [0.25, 0.3) is 11.6 Å². The molecule has 26 heavy (non-hydrogen) atoms. The Morgan fingerprint density at radius 1 is 1.19 bits per heavy atom. The van der Waals surface area contributed by atoms with E-state index >= 15 is 0 Å². The van der Waals surface area contributed by atoms with E-state index in [9.17, 15) is 13.2 Å². The van der Waals surface area contributed by atoms with Crippen LogP contribution in [-0.2, 0) is 21.7 Å². The molecule has 136 valence electrons. The fraction of sp³-hybridized carbons (Fsp3) is 0.250. The molecule has 2 aromatic heterocycles. The van der Waals surface area contributed by atoms with E-state index in [4.69, 9.17) is 4.42 Å². The zero-order chi connectivity index (χ0) is 18.7. The first-order chi connectivity index (χ1) is 12.3. The molecule has 0 aliphatic rings. The SMILES string of the molecule is Cc1ccc(S(=O)(=O)CCC(=O)Nc2nnc(-c3ccnn3C)o2)cc1. The molecule has 9 nitrogen and oxygen atoms in total. The van der Waals surface area contributed by atoms with Crippen LogP contribution in [0.2, 0.25) is 0 Å². The molecule has 0 saturated carbocycles. The van der Waals surface area contributed by atoms with Crippen LogP contribution in [0, 0.1) is 6.92 Å². The van der Waals surface area contributed by atoms with Gasteiger partial charge in [0.2, 0.25) is 5.91 Å². The largest absolute Gasteiger partial charge is 0.401 e. The fourth-order valence-electron chi connectivity index (χ4n) is 2.23. The van der Waals surface area contributed by atoms with Gasteiger partial charge in [0.1, 0.15) is 5.69 Å². The zero-order valence-corrected chi connectivity index (χ0v) is 15.0. The summed E-state index contributed by atoms with van der Waals surface area (Å²) in [6.45, 7) is 1.87. The molecule has 2 heterocycles. The molecule has 1 amide bonds. The summed E-state index contributed by atoms with van der Waals surface area (Å²) in [5.41, 5.74) is 1.56. The number of amides is 1. The second-order valence-electron chi connectivity index (χ2n) is 5.68. The van der Waals surface area contributed by atoms with Gasteiger partial charge in [-0.1, -0.05) is 22.8 Å². The molecule has 0 bridgehead atoms. The highest BCUT2D eigenvalue weighted by Crippen LogP contribution is 2.19. The Kier molecular flexibility index (Phi) is 4.85. The lowest BCUT2D eigenvalue weighted by molar-refractivity contribution is -0.115. The minimum absolute atomic E-state index is 0.0982. The highest BCUT2D eigenvalue weighted by Gasteiger charge is 2.18. The highest BCUT2D eigenvalue weighted by atomic mass is 32.2. The van der Waals surface area contributed by atoms with Crippen molar-refractivity contribution in [3.05, 3.63) is 42.1 Å². The number of hydrogen-bond donors (Lipinski definition) is 1. The lowest BCUT2D eigenvalue weighted by Crippen LogP contribution is -2.17. The summed E-state index contributed by atoms with van der Waals surface area (Å²) in [6, 6.07) is 8.07. The van der Waals surface area contributed by atoms with Gasteiger partial charge in [-0.25, -0.2) is 8.42 Å². The number of hydrogen-bond acceptors (Lipinski definition) is 7. The van der Waals surface area contributed by atoms with E-state index < -0.39 is 15.7 Å². The molecular weight excluding hydrogens is 358 g/mol. The molecular formula is C16H17N5O4S. The van der Waals surface area contributed by atoms with E-state index in [-0.39, 0.29) is 29.0 Å². The van der Waals surface area contributed by atoms with E-state index in [0.29, 0.717) is 5.69 Å². The Morgan fingerprint density at radius 2 is 1.92 bits per heavy atom. The maximum absolute atomic E-state index is 12.3. The number of nitrogens with zero attached hydrogens (tertiary/aromatic N) is 4. The molecule has 1 N–H and O–H groups in total. The third-order valence-electron chi connectivity index (χ3n) is 3.69. The van der Waals surface area contributed by atoms with Crippen molar-refractivity contribution in [3.8, 4) is 11.6 Å². The normalized spacial score (nSPS) is 11.5. The Hall–Kier alpha value is -3.01. The van der Waals surface area contributed by atoms with Crippen LogP contribution in [0.4, 0.5) is 6.01 Å². The molecule has 0 atom stereocenters. The quantitative estimate of drug-likeness (QED) is 0.694. The van der Waals surface area contributed by atoms with Crippen molar-refractivity contribution in [1.29, 1.82) is 0 Å². The second-order valence-corrected chi connectivity index (χ2v) is 7.79. The Bertz CT molecular complexity index is 1020. The van der Waals surface area contributed by atoms with Gasteiger partial charge in [0, 0.05) is 19.7 Å². The minimum atomic E-state index is -3.54. The summed E-state index contributed by atoms with van der Waals surface area (Å²) in [5, 5.41) is 13.9. The van der Waals surface area contributed by atoms with Gasteiger partial charge in [-0.05, 0) is 25.1 Å². The summed E-state index contributed by atoms with van der Waals surface area (Å²) >= 11 is 0. The third kappa shape index (κ3) is 3.97. The van der Waals surface area contributed by atoms with E-state index in [1.807, 2.05) is 6.92 Å². The van der Waals surface area contributed by atoms with Gasteiger partial charge in [-0.15, -0.1) is 5.10 Å². The number of carbonyl (C=O) groups is 1. The van der Waals surface area contributed by atoms with Crippen LogP contribution in [0.5, 0.6) is 0 Å². The average Bonchev–Trinajstić information content (AvgIpc) is 3.22. The van der Waals surface area contributed by atoms with Crippen molar-refractivity contribution < 1.29 is 17.6 Å². The van der Waals surface area contributed by atoms with Gasteiger partial charge in [-0.2, -0.15) is 5.10 Å². The molecule has 0 unspecified atom stereocenters. The van der Waals surface area contributed by atoms with Gasteiger partial charge in [0.05, 0.1) is 10.6 Å². The van der Waals surface area contributed by atoms with E-state index in [1.165, 1.54) is 12.1 Å². The molecule has 3 aromatic rings. The van der Waals surface area contributed by atoms with Crippen LogP contribution >= 0.6 is 0 Å². The predicted octanol–water partition coefficient (Wildman–Crippen LogP) is 1.58. The number of anilines is 1. The Balaban J connectivity index is 1.60. The predicted molar refractivity (Wildman–Crippen MR) is 93.0 cm³/mol. The third-order valence-corrected chi connectivity index (χ3v) is 5.42. The van der Waals surface area contributed by atoms with E-state index in [0.717, 1.165) is 5.56 Å². The first-order valence-corrected chi connectivity index (χ1v) is 9.41. The van der Waals surface area contributed by atoms with E-state index in [1.54, 1.807) is 36.1 Å². The lowest BCUT2D eigenvalue weighted by Gasteiger charge is -2.04. The number of aromatic nitrogens is 4. The van der Waals surface area contributed by atoms with Gasteiger partial charge in [0.25, 0.3) is 5.89 Å². The standard InChI is InChI=1S/C16H17N5O4S/c1-11-3-5-12(6-4-11)26(23,24)10-8-14(22)18-16-20-19-15(25-16)13-7-9-17-21(13)2/h3-7,9H,8,10H2,1-2H3,(H,18,20,22). The summed E-state index contributed by atoms with van der Waals surface area (Å²) in [4.78, 5) is 12.2. The van der Waals surface area contributed by atoms with Crippen LogP contribution in [0.15, 0.2) is 45.8 Å². The summed E-state index contributed by atoms with van der Waals surface area (Å²) in [7, 11) is -1.82. The molecule has 1 aromatic carbocycles. The number of rotatable bonds is 6. The van der Waals surface area contributed by atoms with Gasteiger partial charge >= 0.3 is 6.01 Å². The molecule has 0 aliphatic carbocycles. The zero-order valence-electron chi connectivity index (χ0n) is 14.2. The highest BCUT2D eigenvalue weighted by molar-refractivity contribution is 7.91. The van der Waals surface area contributed by atoms with Gasteiger partial charge in [0.15, 0.2) is 9.84 Å². The summed E-state index contributed by atoms with van der Waals surface area (Å²) < 4.78 is 31.4. The minimum Gasteiger partial charge on any atom is -0.401 e. The van der Waals surface area contributed by atoms with Crippen LogP contribution in [0.3, 0.4) is 0 Å². The van der Waals surface area contributed by atoms with Crippen LogP contribution < -0.4 is 5.32 Å².